The van der Waals surface area contributed by atoms with Crippen LogP contribution in [0.3, 0.4) is 0 Å². The fraction of sp³-hybridized carbons (Fsp3) is 0.300. The van der Waals surface area contributed by atoms with Gasteiger partial charge in [-0.1, -0.05) is 36.4 Å². The summed E-state index contributed by atoms with van der Waals surface area (Å²) in [5.41, 5.74) is -0.393. The fourth-order valence-corrected chi connectivity index (χ4v) is 3.63. The van der Waals surface area contributed by atoms with E-state index < -0.39 is 36.0 Å². The predicted molar refractivity (Wildman–Crippen MR) is 94.6 cm³/mol. The molecule has 3 atom stereocenters. The molecule has 2 aromatic rings. The predicted octanol–water partition coefficient (Wildman–Crippen LogP) is 2.82. The standard InChI is InChI=1S/C20H18F2N2O3/c21-10-17-15-11-26-19(23-18(25)13-6-2-1-3-7-13)24-20(15,12-27-17)14-8-4-5-9-16(14)22/h1-9,15,17H,10-12H2,(H,23,24,25)/t15-,17-,20-/m1/s1. The zero-order valence-corrected chi connectivity index (χ0v) is 14.4. The van der Waals surface area contributed by atoms with Crippen LogP contribution in [0.1, 0.15) is 15.9 Å². The van der Waals surface area contributed by atoms with Gasteiger partial charge in [0, 0.05) is 11.1 Å². The van der Waals surface area contributed by atoms with Crippen molar-refractivity contribution in [2.75, 3.05) is 19.9 Å². The third-order valence-corrected chi connectivity index (χ3v) is 5.03. The first-order chi connectivity index (χ1) is 13.1. The van der Waals surface area contributed by atoms with Crippen molar-refractivity contribution in [3.8, 4) is 0 Å². The van der Waals surface area contributed by atoms with E-state index in [1.807, 2.05) is 0 Å². The molecule has 1 saturated heterocycles. The maximum absolute atomic E-state index is 14.5. The van der Waals surface area contributed by atoms with Crippen LogP contribution in [0, 0.1) is 11.7 Å². The monoisotopic (exact) mass is 372 g/mol. The molecule has 0 aromatic heterocycles. The average Bonchev–Trinajstić information content (AvgIpc) is 3.07. The molecule has 0 unspecified atom stereocenters. The molecule has 0 bridgehead atoms. The third-order valence-electron chi connectivity index (χ3n) is 5.03. The molecule has 2 aliphatic rings. The second-order valence-corrected chi connectivity index (χ2v) is 6.56. The van der Waals surface area contributed by atoms with Crippen molar-refractivity contribution in [2.45, 2.75) is 11.6 Å². The number of carbonyl (C=O) groups is 1. The second-order valence-electron chi connectivity index (χ2n) is 6.56. The van der Waals surface area contributed by atoms with Gasteiger partial charge in [0.25, 0.3) is 11.9 Å². The number of rotatable bonds is 3. The number of nitrogens with zero attached hydrogens (tertiary/aromatic N) is 1. The first-order valence-corrected chi connectivity index (χ1v) is 8.65. The third kappa shape index (κ3) is 3.08. The molecule has 0 spiro atoms. The van der Waals surface area contributed by atoms with Gasteiger partial charge in [-0.2, -0.15) is 0 Å². The number of carbonyl (C=O) groups excluding carboxylic acids is 1. The Bertz CT molecular complexity index is 875. The number of benzene rings is 2. The highest BCUT2D eigenvalue weighted by Gasteiger charge is 2.55. The first kappa shape index (κ1) is 17.6. The number of fused-ring (bicyclic) bond motifs is 1. The molecule has 140 valence electrons. The lowest BCUT2D eigenvalue weighted by Gasteiger charge is -2.36. The Morgan fingerprint density at radius 1 is 1.19 bits per heavy atom. The van der Waals surface area contributed by atoms with Crippen molar-refractivity contribution in [1.82, 2.24) is 5.32 Å². The van der Waals surface area contributed by atoms with Crippen LogP contribution in [0.4, 0.5) is 8.78 Å². The number of alkyl halides is 1. The summed E-state index contributed by atoms with van der Waals surface area (Å²) in [4.78, 5) is 16.9. The van der Waals surface area contributed by atoms with E-state index in [0.717, 1.165) is 0 Å². The summed E-state index contributed by atoms with van der Waals surface area (Å²) in [5.74, 6) is -1.33. The molecular formula is C20H18F2N2O3. The van der Waals surface area contributed by atoms with Crippen molar-refractivity contribution in [3.63, 3.8) is 0 Å². The van der Waals surface area contributed by atoms with E-state index in [1.165, 1.54) is 6.07 Å². The number of aliphatic imine (C=N–C) groups is 1. The van der Waals surface area contributed by atoms with Gasteiger partial charge in [-0.3, -0.25) is 10.1 Å². The molecule has 27 heavy (non-hydrogen) atoms. The quantitative estimate of drug-likeness (QED) is 0.901. The van der Waals surface area contributed by atoms with Crippen LogP contribution in [0.2, 0.25) is 0 Å². The number of nitrogens with one attached hydrogen (secondary N) is 1. The summed E-state index contributed by atoms with van der Waals surface area (Å²) >= 11 is 0. The minimum Gasteiger partial charge on any atom is -0.464 e. The maximum Gasteiger partial charge on any atom is 0.292 e. The van der Waals surface area contributed by atoms with E-state index in [9.17, 15) is 13.6 Å². The molecule has 4 rings (SSSR count). The highest BCUT2D eigenvalue weighted by Crippen LogP contribution is 2.46. The molecule has 2 aliphatic heterocycles. The minimum atomic E-state index is -1.14. The van der Waals surface area contributed by atoms with Crippen molar-refractivity contribution >= 4 is 11.9 Å². The Morgan fingerprint density at radius 3 is 2.67 bits per heavy atom. The van der Waals surface area contributed by atoms with Crippen molar-refractivity contribution < 1.29 is 23.0 Å². The first-order valence-electron chi connectivity index (χ1n) is 8.65. The van der Waals surface area contributed by atoms with E-state index in [2.05, 4.69) is 10.3 Å². The normalized spacial score (nSPS) is 26.7. The maximum atomic E-state index is 14.5. The Morgan fingerprint density at radius 2 is 1.93 bits per heavy atom. The molecule has 0 saturated carbocycles. The molecule has 2 aromatic carbocycles. The van der Waals surface area contributed by atoms with Crippen LogP contribution in [-0.4, -0.2) is 37.9 Å². The molecule has 0 aliphatic carbocycles. The summed E-state index contributed by atoms with van der Waals surface area (Å²) < 4.78 is 39.0. The van der Waals surface area contributed by atoms with E-state index in [4.69, 9.17) is 9.47 Å². The highest BCUT2D eigenvalue weighted by atomic mass is 19.1. The number of hydrogen-bond donors (Lipinski definition) is 1. The molecular weight excluding hydrogens is 354 g/mol. The smallest absolute Gasteiger partial charge is 0.292 e. The van der Waals surface area contributed by atoms with Crippen molar-refractivity contribution in [1.29, 1.82) is 0 Å². The summed E-state index contributed by atoms with van der Waals surface area (Å²) in [6.07, 6.45) is -0.736. The number of ether oxygens (including phenoxy) is 2. The van der Waals surface area contributed by atoms with Gasteiger partial charge in [-0.25, -0.2) is 13.8 Å². The van der Waals surface area contributed by atoms with Gasteiger partial charge < -0.3 is 9.47 Å². The van der Waals surface area contributed by atoms with Crippen LogP contribution in [0.5, 0.6) is 0 Å². The fourth-order valence-electron chi connectivity index (χ4n) is 3.63. The van der Waals surface area contributed by atoms with Gasteiger partial charge in [-0.15, -0.1) is 0 Å². The van der Waals surface area contributed by atoms with Crippen LogP contribution < -0.4 is 5.32 Å². The van der Waals surface area contributed by atoms with Crippen molar-refractivity contribution in [3.05, 3.63) is 71.5 Å². The van der Waals surface area contributed by atoms with Gasteiger partial charge in [0.15, 0.2) is 0 Å². The van der Waals surface area contributed by atoms with Gasteiger partial charge in [0.05, 0.1) is 25.2 Å². The summed E-state index contributed by atoms with van der Waals surface area (Å²) in [6.45, 7) is -0.635. The largest absolute Gasteiger partial charge is 0.464 e. The molecule has 7 heteroatoms. The Labute approximate surface area is 155 Å². The van der Waals surface area contributed by atoms with E-state index in [0.29, 0.717) is 11.1 Å². The zero-order valence-electron chi connectivity index (χ0n) is 14.4. The second kappa shape index (κ2) is 7.08. The number of amidine groups is 1. The topological polar surface area (TPSA) is 59.9 Å². The number of halogens is 2. The van der Waals surface area contributed by atoms with Gasteiger partial charge in [0.2, 0.25) is 0 Å². The molecule has 1 fully saturated rings. The molecule has 1 amide bonds. The lowest BCUT2D eigenvalue weighted by Crippen LogP contribution is -2.48. The summed E-state index contributed by atoms with van der Waals surface area (Å²) in [7, 11) is 0. The van der Waals surface area contributed by atoms with E-state index in [-0.39, 0.29) is 19.2 Å². The Kier molecular flexibility index (Phi) is 4.61. The number of hydrogen-bond acceptors (Lipinski definition) is 4. The molecule has 5 nitrogen and oxygen atoms in total. The van der Waals surface area contributed by atoms with Gasteiger partial charge >= 0.3 is 0 Å². The van der Waals surface area contributed by atoms with Gasteiger partial charge in [-0.05, 0) is 18.2 Å². The lowest BCUT2D eigenvalue weighted by atomic mass is 9.78. The molecule has 1 N–H and O–H groups in total. The Balaban J connectivity index is 1.70. The number of amides is 1. The van der Waals surface area contributed by atoms with E-state index in [1.54, 1.807) is 48.5 Å². The van der Waals surface area contributed by atoms with Crippen LogP contribution >= 0.6 is 0 Å². The van der Waals surface area contributed by atoms with Crippen LogP contribution in [-0.2, 0) is 15.0 Å². The Hall–Kier alpha value is -2.80. The average molecular weight is 372 g/mol. The SMILES string of the molecule is O=C(NC1=N[C@@]2(c3ccccc3F)CO[C@H](CF)[C@H]2CO1)c1ccccc1. The van der Waals surface area contributed by atoms with Crippen LogP contribution in [0.15, 0.2) is 59.6 Å². The molecule has 0 radical (unpaired) electrons. The lowest BCUT2D eigenvalue weighted by molar-refractivity contribution is 0.0519. The van der Waals surface area contributed by atoms with E-state index >= 15 is 0 Å². The van der Waals surface area contributed by atoms with Crippen molar-refractivity contribution in [2.24, 2.45) is 10.9 Å². The summed E-state index contributed by atoms with van der Waals surface area (Å²) in [5, 5.41) is 2.61. The van der Waals surface area contributed by atoms with Gasteiger partial charge in [0.1, 0.15) is 18.0 Å². The molecule has 2 heterocycles. The minimum absolute atomic E-state index is 0.0151. The highest BCUT2D eigenvalue weighted by molar-refractivity contribution is 6.04. The zero-order chi connectivity index (χ0) is 18.9. The van der Waals surface area contributed by atoms with Crippen LogP contribution in [0.25, 0.3) is 0 Å². The summed E-state index contributed by atoms with van der Waals surface area (Å²) in [6, 6.07) is 14.8.